The second-order valence-electron chi connectivity index (χ2n) is 14.4. The van der Waals surface area contributed by atoms with E-state index in [1.807, 2.05) is 4.90 Å². The molecule has 4 rings (SSSR count). The minimum Gasteiger partial charge on any atom is -0.342 e. The number of carbonyl (C=O) groups is 1. The van der Waals surface area contributed by atoms with E-state index in [1.54, 1.807) is 0 Å². The summed E-state index contributed by atoms with van der Waals surface area (Å²) in [6.45, 7) is 24.4. The monoisotopic (exact) mass is 624 g/mol. The highest BCUT2D eigenvalue weighted by atomic mass is 19.1. The molecule has 0 aliphatic carbocycles. The Kier molecular flexibility index (Phi) is 12.2. The van der Waals surface area contributed by atoms with Crippen molar-refractivity contribution in [2.75, 3.05) is 52.4 Å². The number of benzene rings is 2. The van der Waals surface area contributed by atoms with Crippen LogP contribution in [0.1, 0.15) is 113 Å². The van der Waals surface area contributed by atoms with E-state index >= 15 is 4.39 Å². The lowest BCUT2D eigenvalue weighted by molar-refractivity contribution is -0.136. The fraction of sp³-hybridized carbons (Fsp3) is 0.658. The molecule has 0 bridgehead atoms. The number of amides is 1. The van der Waals surface area contributed by atoms with Crippen LogP contribution < -0.4 is 5.32 Å². The third kappa shape index (κ3) is 8.52. The second-order valence-corrected chi connectivity index (χ2v) is 14.4. The molecule has 45 heavy (non-hydrogen) atoms. The molecule has 2 aromatic carbocycles. The van der Waals surface area contributed by atoms with E-state index in [0.29, 0.717) is 43.7 Å². The van der Waals surface area contributed by atoms with Gasteiger partial charge in [-0.3, -0.25) is 9.69 Å². The van der Waals surface area contributed by atoms with Gasteiger partial charge in [-0.15, -0.1) is 0 Å². The lowest BCUT2D eigenvalue weighted by Gasteiger charge is -2.36. The van der Waals surface area contributed by atoms with Crippen molar-refractivity contribution < 1.29 is 13.6 Å². The molecular weight excluding hydrogens is 566 g/mol. The molecule has 2 fully saturated rings. The number of nitrogens with zero attached hydrogens (tertiary/aromatic N) is 3. The first-order valence-electron chi connectivity index (χ1n) is 17.4. The summed E-state index contributed by atoms with van der Waals surface area (Å²) in [4.78, 5) is 20.9. The van der Waals surface area contributed by atoms with Gasteiger partial charge in [0.1, 0.15) is 11.6 Å². The minimum atomic E-state index is -0.585. The molecule has 1 unspecified atom stereocenters. The number of piperidine rings is 1. The molecule has 250 valence electrons. The standard InChI is InChI=1S/C38H58F2N4O/c1-9-36(41-17-12-18-42(10-2)11-3)32-22-27(5)26(4)21-31(32)28-15-19-43(20-16-28)37(45)34-25-44(38(6,7)8)24-33(34)30-14-13-29(39)23-35(30)40/h13-14,21-23,28,33-34,36,41H,9-12,15-20,24-25H2,1-8H3/t33-,34+,36?/m0/s1. The molecule has 0 aromatic heterocycles. The third-order valence-electron chi connectivity index (χ3n) is 10.6. The maximum Gasteiger partial charge on any atom is 0.227 e. The van der Waals surface area contributed by atoms with Crippen molar-refractivity contribution in [3.63, 3.8) is 0 Å². The maximum absolute atomic E-state index is 15.0. The quantitative estimate of drug-likeness (QED) is 0.247. The molecule has 2 saturated heterocycles. The van der Waals surface area contributed by atoms with E-state index in [0.717, 1.165) is 57.9 Å². The molecule has 2 aliphatic heterocycles. The van der Waals surface area contributed by atoms with Crippen LogP contribution in [0, 0.1) is 31.4 Å². The first-order chi connectivity index (χ1) is 21.4. The predicted molar refractivity (Wildman–Crippen MR) is 182 cm³/mol. The molecule has 1 amide bonds. The summed E-state index contributed by atoms with van der Waals surface area (Å²) in [5, 5.41) is 3.87. The van der Waals surface area contributed by atoms with Gasteiger partial charge in [-0.05, 0) is 126 Å². The van der Waals surface area contributed by atoms with E-state index in [4.69, 9.17) is 0 Å². The van der Waals surface area contributed by atoms with E-state index in [2.05, 4.69) is 82.6 Å². The number of aryl methyl sites for hydroxylation is 2. The van der Waals surface area contributed by atoms with Crippen LogP contribution >= 0.6 is 0 Å². The fourth-order valence-corrected chi connectivity index (χ4v) is 7.47. The number of hydrogen-bond donors (Lipinski definition) is 1. The first-order valence-corrected chi connectivity index (χ1v) is 17.4. The minimum absolute atomic E-state index is 0.107. The summed E-state index contributed by atoms with van der Waals surface area (Å²) in [5.74, 6) is -1.27. The fourth-order valence-electron chi connectivity index (χ4n) is 7.47. The Bertz CT molecular complexity index is 1280. The summed E-state index contributed by atoms with van der Waals surface area (Å²) in [6, 6.07) is 8.91. The van der Waals surface area contributed by atoms with E-state index in [9.17, 15) is 9.18 Å². The molecule has 0 saturated carbocycles. The molecule has 0 spiro atoms. The van der Waals surface area contributed by atoms with Gasteiger partial charge < -0.3 is 15.1 Å². The van der Waals surface area contributed by atoms with Crippen LogP contribution in [0.4, 0.5) is 8.78 Å². The van der Waals surface area contributed by atoms with Gasteiger partial charge in [0.05, 0.1) is 5.92 Å². The Morgan fingerprint density at radius 1 is 0.978 bits per heavy atom. The van der Waals surface area contributed by atoms with Crippen molar-refractivity contribution in [1.29, 1.82) is 0 Å². The van der Waals surface area contributed by atoms with Crippen molar-refractivity contribution in [2.24, 2.45) is 5.92 Å². The van der Waals surface area contributed by atoms with E-state index in [1.165, 1.54) is 34.4 Å². The zero-order valence-electron chi connectivity index (χ0n) is 29.2. The Morgan fingerprint density at radius 2 is 1.64 bits per heavy atom. The summed E-state index contributed by atoms with van der Waals surface area (Å²) in [6.07, 6.45) is 4.01. The van der Waals surface area contributed by atoms with Crippen LogP contribution in [0.3, 0.4) is 0 Å². The normalized spacial score (nSPS) is 20.7. The van der Waals surface area contributed by atoms with Gasteiger partial charge in [0.2, 0.25) is 5.91 Å². The molecule has 2 aliphatic rings. The van der Waals surface area contributed by atoms with Gasteiger partial charge in [0.15, 0.2) is 0 Å². The van der Waals surface area contributed by atoms with Gasteiger partial charge in [-0.25, -0.2) is 8.78 Å². The van der Waals surface area contributed by atoms with Crippen LogP contribution in [0.15, 0.2) is 30.3 Å². The highest BCUT2D eigenvalue weighted by Gasteiger charge is 2.45. The largest absolute Gasteiger partial charge is 0.342 e. The average Bonchev–Trinajstić information content (AvgIpc) is 3.46. The van der Waals surface area contributed by atoms with Crippen molar-refractivity contribution in [3.05, 3.63) is 69.8 Å². The molecule has 5 nitrogen and oxygen atoms in total. The molecule has 2 heterocycles. The maximum atomic E-state index is 15.0. The van der Waals surface area contributed by atoms with Gasteiger partial charge in [0, 0.05) is 49.7 Å². The lowest BCUT2D eigenvalue weighted by atomic mass is 9.81. The van der Waals surface area contributed by atoms with E-state index in [-0.39, 0.29) is 23.3 Å². The zero-order chi connectivity index (χ0) is 32.9. The zero-order valence-corrected chi connectivity index (χ0v) is 29.2. The molecule has 1 N–H and O–H groups in total. The molecule has 3 atom stereocenters. The summed E-state index contributed by atoms with van der Waals surface area (Å²) >= 11 is 0. The SMILES string of the molecule is CCC(NCCCN(CC)CC)c1cc(C)c(C)cc1C1CCN(C(=O)[C@@H]2CN(C(C)(C)C)C[C@H]2c2ccc(F)cc2F)CC1. The van der Waals surface area contributed by atoms with Crippen LogP contribution in [-0.4, -0.2) is 78.5 Å². The molecule has 2 aromatic rings. The second kappa shape index (κ2) is 15.5. The molecule has 7 heteroatoms. The average molecular weight is 625 g/mol. The predicted octanol–water partition coefficient (Wildman–Crippen LogP) is 7.57. The molecule has 0 radical (unpaired) electrons. The molecular formula is C38H58F2N4O. The van der Waals surface area contributed by atoms with Crippen LogP contribution in [0.5, 0.6) is 0 Å². The van der Waals surface area contributed by atoms with Gasteiger partial charge in [-0.1, -0.05) is 39.0 Å². The highest BCUT2D eigenvalue weighted by Crippen LogP contribution is 2.40. The van der Waals surface area contributed by atoms with Crippen molar-refractivity contribution in [3.8, 4) is 0 Å². The highest BCUT2D eigenvalue weighted by molar-refractivity contribution is 5.81. The van der Waals surface area contributed by atoms with Crippen molar-refractivity contribution in [2.45, 2.75) is 104 Å². The van der Waals surface area contributed by atoms with E-state index < -0.39 is 11.6 Å². The number of carbonyl (C=O) groups excluding carboxylic acids is 1. The van der Waals surface area contributed by atoms with Gasteiger partial charge in [0.25, 0.3) is 0 Å². The lowest BCUT2D eigenvalue weighted by Crippen LogP contribution is -2.44. The Hall–Kier alpha value is -2.35. The summed E-state index contributed by atoms with van der Waals surface area (Å²) < 4.78 is 28.8. The number of hydrogen-bond acceptors (Lipinski definition) is 4. The number of likely N-dealkylation sites (tertiary alicyclic amines) is 2. The third-order valence-corrected chi connectivity index (χ3v) is 10.6. The van der Waals surface area contributed by atoms with Gasteiger partial charge >= 0.3 is 0 Å². The van der Waals surface area contributed by atoms with Crippen LogP contribution in [0.2, 0.25) is 0 Å². The Morgan fingerprint density at radius 3 is 2.24 bits per heavy atom. The number of rotatable bonds is 12. The first kappa shape index (κ1) is 35.5. The summed E-state index contributed by atoms with van der Waals surface area (Å²) in [7, 11) is 0. The summed E-state index contributed by atoms with van der Waals surface area (Å²) in [5.41, 5.74) is 5.79. The van der Waals surface area contributed by atoms with Crippen LogP contribution in [0.25, 0.3) is 0 Å². The Labute approximate surface area is 271 Å². The topological polar surface area (TPSA) is 38.8 Å². The van der Waals surface area contributed by atoms with Crippen molar-refractivity contribution in [1.82, 2.24) is 20.0 Å². The van der Waals surface area contributed by atoms with Gasteiger partial charge in [-0.2, -0.15) is 0 Å². The smallest absolute Gasteiger partial charge is 0.227 e. The van der Waals surface area contributed by atoms with Crippen molar-refractivity contribution >= 4 is 5.91 Å². The number of halogens is 2. The Balaban J connectivity index is 1.48. The number of nitrogens with one attached hydrogen (secondary N) is 1. The van der Waals surface area contributed by atoms with Crippen LogP contribution in [-0.2, 0) is 4.79 Å².